The Balaban J connectivity index is 1.56. The topological polar surface area (TPSA) is 111 Å². The van der Waals surface area contributed by atoms with E-state index >= 15 is 0 Å². The van der Waals surface area contributed by atoms with Crippen molar-refractivity contribution >= 4 is 10.1 Å². The molecular weight excluding hydrogens is 456 g/mol. The van der Waals surface area contributed by atoms with E-state index in [9.17, 15) is 17.8 Å². The van der Waals surface area contributed by atoms with Crippen LogP contribution in [0.2, 0.25) is 0 Å². The summed E-state index contributed by atoms with van der Waals surface area (Å²) in [5.41, 5.74) is 1.21. The van der Waals surface area contributed by atoms with Gasteiger partial charge in [0.2, 0.25) is 0 Å². The van der Waals surface area contributed by atoms with Gasteiger partial charge in [-0.1, -0.05) is 36.4 Å². The molecule has 0 aliphatic carbocycles. The van der Waals surface area contributed by atoms with Crippen LogP contribution >= 0.6 is 0 Å². The number of hydrogen-bond donors (Lipinski definition) is 2. The largest absolute Gasteiger partial charge is 0.494 e. The molecule has 1 aromatic heterocycles. The Hall–Kier alpha value is -3.82. The lowest BCUT2D eigenvalue weighted by atomic mass is 10.1. The number of nitrogens with zero attached hydrogens (tertiary/aromatic N) is 1. The van der Waals surface area contributed by atoms with Gasteiger partial charge in [-0.15, -0.1) is 0 Å². The van der Waals surface area contributed by atoms with Crippen molar-refractivity contribution in [2.24, 2.45) is 0 Å². The van der Waals surface area contributed by atoms with Crippen LogP contribution < -0.4 is 15.0 Å². The number of aromatic amines is 1. The quantitative estimate of drug-likeness (QED) is 0.269. The molecule has 0 saturated carbocycles. The van der Waals surface area contributed by atoms with E-state index in [2.05, 4.69) is 5.10 Å². The summed E-state index contributed by atoms with van der Waals surface area (Å²) in [6, 6.07) is 22.2. The first-order chi connectivity index (χ1) is 16.3. The van der Waals surface area contributed by atoms with Gasteiger partial charge in [-0.25, -0.2) is 4.68 Å². The van der Waals surface area contributed by atoms with Crippen LogP contribution in [0, 0.1) is 6.92 Å². The van der Waals surface area contributed by atoms with E-state index in [4.69, 9.17) is 9.47 Å². The van der Waals surface area contributed by atoms with Crippen LogP contribution in [-0.4, -0.2) is 29.4 Å². The number of nitrogens with one attached hydrogen (secondary N) is 1. The zero-order chi connectivity index (χ0) is 24.1. The third-order valence-electron chi connectivity index (χ3n) is 5.21. The van der Waals surface area contributed by atoms with E-state index in [0.29, 0.717) is 36.5 Å². The molecule has 8 nitrogen and oxygen atoms in total. The van der Waals surface area contributed by atoms with Gasteiger partial charge in [-0.2, -0.15) is 8.42 Å². The molecule has 2 N–H and O–H groups in total. The highest BCUT2D eigenvalue weighted by atomic mass is 32.2. The highest BCUT2D eigenvalue weighted by molar-refractivity contribution is 7.86. The minimum absolute atomic E-state index is 0.0490. The fourth-order valence-corrected chi connectivity index (χ4v) is 4.18. The molecule has 9 heteroatoms. The minimum Gasteiger partial charge on any atom is -0.494 e. The summed E-state index contributed by atoms with van der Waals surface area (Å²) in [5.74, 6) is 1.13. The van der Waals surface area contributed by atoms with E-state index in [1.54, 1.807) is 43.3 Å². The molecule has 0 amide bonds. The fourth-order valence-electron chi connectivity index (χ4n) is 3.55. The molecule has 4 aromatic rings. The normalized spacial score (nSPS) is 11.4. The Bertz CT molecular complexity index is 1430. The van der Waals surface area contributed by atoms with Crippen LogP contribution in [0.25, 0.3) is 5.69 Å². The van der Waals surface area contributed by atoms with Crippen molar-refractivity contribution in [2.45, 2.75) is 24.7 Å². The number of benzene rings is 3. The third-order valence-corrected chi connectivity index (χ3v) is 6.09. The summed E-state index contributed by atoms with van der Waals surface area (Å²) < 4.78 is 46.4. The SMILES string of the molecule is Cc1[nH]n(-c2ccc(Oc3ccccc3)c(S(=O)(=O)O)c2)c(=O)c1CCCOc1ccccc1. The van der Waals surface area contributed by atoms with E-state index in [-0.39, 0.29) is 17.0 Å². The summed E-state index contributed by atoms with van der Waals surface area (Å²) in [6.45, 7) is 2.23. The lowest BCUT2D eigenvalue weighted by molar-refractivity contribution is 0.311. The van der Waals surface area contributed by atoms with Crippen molar-refractivity contribution in [3.63, 3.8) is 0 Å². The summed E-state index contributed by atoms with van der Waals surface area (Å²) in [6.07, 6.45) is 1.12. The average Bonchev–Trinajstić information content (AvgIpc) is 3.11. The van der Waals surface area contributed by atoms with E-state index in [1.165, 1.54) is 16.8 Å². The molecule has 0 fully saturated rings. The van der Waals surface area contributed by atoms with Crippen molar-refractivity contribution in [2.75, 3.05) is 6.61 Å². The summed E-state index contributed by atoms with van der Waals surface area (Å²) in [7, 11) is -4.61. The molecule has 34 heavy (non-hydrogen) atoms. The molecule has 0 unspecified atom stereocenters. The van der Waals surface area contributed by atoms with Crippen LogP contribution in [0.4, 0.5) is 0 Å². The number of ether oxygens (including phenoxy) is 2. The molecule has 4 rings (SSSR count). The van der Waals surface area contributed by atoms with Crippen LogP contribution in [0.5, 0.6) is 17.2 Å². The Morgan fingerprint density at radius 3 is 2.24 bits per heavy atom. The maximum absolute atomic E-state index is 13.0. The molecule has 0 aliphatic rings. The van der Waals surface area contributed by atoms with Crippen molar-refractivity contribution in [3.05, 3.63) is 100 Å². The molecule has 0 atom stereocenters. The van der Waals surface area contributed by atoms with Gasteiger partial charge in [0, 0.05) is 11.3 Å². The van der Waals surface area contributed by atoms with Crippen LogP contribution in [0.1, 0.15) is 17.7 Å². The summed E-state index contributed by atoms with van der Waals surface area (Å²) in [4.78, 5) is 12.6. The van der Waals surface area contributed by atoms with E-state index < -0.39 is 15.0 Å². The zero-order valence-corrected chi connectivity index (χ0v) is 19.3. The van der Waals surface area contributed by atoms with Gasteiger partial charge in [0.1, 0.15) is 22.1 Å². The second-order valence-corrected chi connectivity index (χ2v) is 9.03. The summed E-state index contributed by atoms with van der Waals surface area (Å²) >= 11 is 0. The van der Waals surface area contributed by atoms with E-state index in [1.807, 2.05) is 30.3 Å². The zero-order valence-electron chi connectivity index (χ0n) is 18.5. The van der Waals surface area contributed by atoms with Gasteiger partial charge < -0.3 is 9.47 Å². The standard InChI is InChI=1S/C25H24N2O6S/c1-18-22(13-8-16-32-20-9-4-2-5-10-20)25(28)27(26-18)19-14-15-23(24(17-19)34(29,30)31)33-21-11-6-3-7-12-21/h2-7,9-12,14-15,17,26H,8,13,16H2,1H3,(H,29,30,31). The third kappa shape index (κ3) is 5.38. The number of aryl methyl sites for hydroxylation is 1. The van der Waals surface area contributed by atoms with Gasteiger partial charge >= 0.3 is 0 Å². The van der Waals surface area contributed by atoms with Crippen molar-refractivity contribution < 1.29 is 22.4 Å². The maximum atomic E-state index is 13.0. The molecule has 1 heterocycles. The maximum Gasteiger partial charge on any atom is 0.298 e. The number of para-hydroxylation sites is 2. The fraction of sp³-hybridized carbons (Fsp3) is 0.160. The minimum atomic E-state index is -4.61. The van der Waals surface area contributed by atoms with Crippen molar-refractivity contribution in [1.29, 1.82) is 0 Å². The Labute approximate surface area is 197 Å². The molecule has 0 radical (unpaired) electrons. The summed E-state index contributed by atoms with van der Waals surface area (Å²) in [5, 5.41) is 2.98. The van der Waals surface area contributed by atoms with Crippen LogP contribution in [-0.2, 0) is 16.5 Å². The second-order valence-electron chi connectivity index (χ2n) is 7.64. The van der Waals surface area contributed by atoms with Gasteiger partial charge in [0.25, 0.3) is 15.7 Å². The molecule has 0 spiro atoms. The first-order valence-electron chi connectivity index (χ1n) is 10.7. The Morgan fingerprint density at radius 1 is 0.941 bits per heavy atom. The van der Waals surface area contributed by atoms with E-state index in [0.717, 1.165) is 5.75 Å². The molecule has 0 aliphatic heterocycles. The highest BCUT2D eigenvalue weighted by Crippen LogP contribution is 2.30. The van der Waals surface area contributed by atoms with Gasteiger partial charge in [-0.05, 0) is 62.2 Å². The monoisotopic (exact) mass is 480 g/mol. The van der Waals surface area contributed by atoms with Gasteiger partial charge in [0.15, 0.2) is 0 Å². The highest BCUT2D eigenvalue weighted by Gasteiger charge is 2.20. The number of H-pyrrole nitrogens is 1. The predicted octanol–water partition coefficient (Wildman–Crippen LogP) is 4.52. The lowest BCUT2D eigenvalue weighted by Crippen LogP contribution is -2.18. The number of hydrogen-bond acceptors (Lipinski definition) is 5. The Morgan fingerprint density at radius 2 is 1.59 bits per heavy atom. The van der Waals surface area contributed by atoms with Crippen molar-refractivity contribution in [1.82, 2.24) is 9.78 Å². The lowest BCUT2D eigenvalue weighted by Gasteiger charge is -2.11. The molecular formula is C25H24N2O6S. The second kappa shape index (κ2) is 9.98. The predicted molar refractivity (Wildman–Crippen MR) is 128 cm³/mol. The molecule has 0 bridgehead atoms. The number of rotatable bonds is 9. The van der Waals surface area contributed by atoms with Crippen molar-refractivity contribution in [3.8, 4) is 22.9 Å². The van der Waals surface area contributed by atoms with Gasteiger partial charge in [-0.3, -0.25) is 14.4 Å². The first-order valence-corrected chi connectivity index (χ1v) is 12.1. The van der Waals surface area contributed by atoms with Crippen LogP contribution in [0.15, 0.2) is 88.6 Å². The van der Waals surface area contributed by atoms with Gasteiger partial charge in [0.05, 0.1) is 12.3 Å². The van der Waals surface area contributed by atoms with Crippen LogP contribution in [0.3, 0.4) is 0 Å². The smallest absolute Gasteiger partial charge is 0.298 e. The number of aromatic nitrogens is 2. The molecule has 0 saturated heterocycles. The molecule has 176 valence electrons. The first kappa shape index (κ1) is 23.3. The average molecular weight is 481 g/mol. The Kier molecular flexibility index (Phi) is 6.85. The molecule has 3 aromatic carbocycles.